The number of hydrogen-bond donors (Lipinski definition) is 1. The third-order valence-corrected chi connectivity index (χ3v) is 6.19. The lowest BCUT2D eigenvalue weighted by Gasteiger charge is -2.36. The Balaban J connectivity index is 1.39. The van der Waals surface area contributed by atoms with Crippen molar-refractivity contribution in [2.24, 2.45) is 4.40 Å². The number of amides is 3. The Hall–Kier alpha value is -3.21. The molecular weight excluding hydrogens is 413 g/mol. The molecule has 1 N–H and O–H groups in total. The van der Waals surface area contributed by atoms with E-state index in [2.05, 4.69) is 9.71 Å². The first-order chi connectivity index (χ1) is 14.3. The van der Waals surface area contributed by atoms with Crippen molar-refractivity contribution in [1.29, 1.82) is 0 Å². The first-order valence-corrected chi connectivity index (χ1v) is 11.0. The highest BCUT2D eigenvalue weighted by atomic mass is 32.2. The summed E-state index contributed by atoms with van der Waals surface area (Å²) >= 11 is 0. The third-order valence-electron chi connectivity index (χ3n) is 5.04. The quantitative estimate of drug-likeness (QED) is 0.750. The summed E-state index contributed by atoms with van der Waals surface area (Å²) in [7, 11) is -3.59. The number of halogens is 1. The van der Waals surface area contributed by atoms with E-state index in [1.807, 2.05) is 0 Å². The average molecular weight is 433 g/mol. The van der Waals surface area contributed by atoms with E-state index in [1.165, 1.54) is 24.3 Å². The number of anilines is 1. The SMILES string of the molecule is O=C(Nc1ccc(F)cc1)N1CCN(C(=O)C2=CC=CN3CCS(=O)(=O)N=C23)CC1. The summed E-state index contributed by atoms with van der Waals surface area (Å²) in [6, 6.07) is 5.13. The van der Waals surface area contributed by atoms with Crippen LogP contribution in [0.5, 0.6) is 0 Å². The minimum atomic E-state index is -3.59. The maximum Gasteiger partial charge on any atom is 0.321 e. The smallest absolute Gasteiger partial charge is 0.321 e. The van der Waals surface area contributed by atoms with Crippen LogP contribution in [-0.4, -0.2) is 79.4 Å². The predicted octanol–water partition coefficient (Wildman–Crippen LogP) is 0.999. The zero-order valence-corrected chi connectivity index (χ0v) is 16.8. The van der Waals surface area contributed by atoms with Crippen LogP contribution in [0.25, 0.3) is 0 Å². The number of nitrogens with one attached hydrogen (secondary N) is 1. The highest BCUT2D eigenvalue weighted by molar-refractivity contribution is 7.90. The minimum absolute atomic E-state index is 0.0931. The topological polar surface area (TPSA) is 102 Å². The molecule has 3 aliphatic rings. The van der Waals surface area contributed by atoms with Gasteiger partial charge in [0.2, 0.25) is 0 Å². The lowest BCUT2D eigenvalue weighted by Crippen LogP contribution is -2.53. The van der Waals surface area contributed by atoms with Gasteiger partial charge in [-0.3, -0.25) is 4.79 Å². The molecule has 1 aromatic rings. The van der Waals surface area contributed by atoms with E-state index in [9.17, 15) is 22.4 Å². The number of carbonyl (C=O) groups is 2. The van der Waals surface area contributed by atoms with Crippen LogP contribution in [0.2, 0.25) is 0 Å². The Morgan fingerprint density at radius 3 is 2.37 bits per heavy atom. The number of amidine groups is 1. The number of rotatable bonds is 2. The van der Waals surface area contributed by atoms with Gasteiger partial charge < -0.3 is 20.0 Å². The Kier molecular flexibility index (Phi) is 5.29. The highest BCUT2D eigenvalue weighted by Gasteiger charge is 2.33. The molecule has 0 aromatic heterocycles. The van der Waals surface area contributed by atoms with Crippen molar-refractivity contribution >= 4 is 33.5 Å². The molecule has 0 saturated carbocycles. The van der Waals surface area contributed by atoms with Crippen molar-refractivity contribution in [1.82, 2.24) is 14.7 Å². The minimum Gasteiger partial charge on any atom is -0.335 e. The summed E-state index contributed by atoms with van der Waals surface area (Å²) < 4.78 is 40.5. The molecule has 1 saturated heterocycles. The molecule has 1 aromatic carbocycles. The zero-order valence-electron chi connectivity index (χ0n) is 16.0. The molecule has 0 unspecified atom stereocenters. The summed E-state index contributed by atoms with van der Waals surface area (Å²) in [5.41, 5.74) is 0.709. The average Bonchev–Trinajstić information content (AvgIpc) is 2.74. The number of benzene rings is 1. The van der Waals surface area contributed by atoms with Gasteiger partial charge in [-0.2, -0.15) is 0 Å². The predicted molar refractivity (Wildman–Crippen MR) is 109 cm³/mol. The molecular formula is C19H20FN5O4S. The molecule has 3 aliphatic heterocycles. The number of sulfonamides is 1. The van der Waals surface area contributed by atoms with Gasteiger partial charge in [0, 0.05) is 44.6 Å². The third kappa shape index (κ3) is 4.20. The second-order valence-corrected chi connectivity index (χ2v) is 8.79. The van der Waals surface area contributed by atoms with Crippen molar-refractivity contribution in [3.8, 4) is 0 Å². The van der Waals surface area contributed by atoms with E-state index in [1.54, 1.807) is 33.1 Å². The van der Waals surface area contributed by atoms with Gasteiger partial charge in [-0.05, 0) is 36.4 Å². The summed E-state index contributed by atoms with van der Waals surface area (Å²) in [6.45, 7) is 1.49. The fourth-order valence-corrected chi connectivity index (χ4v) is 4.39. The summed E-state index contributed by atoms with van der Waals surface area (Å²) in [6.07, 6.45) is 4.95. The van der Waals surface area contributed by atoms with Crippen molar-refractivity contribution < 1.29 is 22.4 Å². The van der Waals surface area contributed by atoms with Gasteiger partial charge in [-0.1, -0.05) is 0 Å². The Labute approximate surface area is 173 Å². The Morgan fingerprint density at radius 1 is 1.00 bits per heavy atom. The first-order valence-electron chi connectivity index (χ1n) is 9.41. The fourth-order valence-electron chi connectivity index (χ4n) is 3.40. The second-order valence-electron chi connectivity index (χ2n) is 7.03. The van der Waals surface area contributed by atoms with Crippen molar-refractivity contribution in [2.75, 3.05) is 43.8 Å². The van der Waals surface area contributed by atoms with Crippen LogP contribution in [0.1, 0.15) is 0 Å². The van der Waals surface area contributed by atoms with Gasteiger partial charge in [0.1, 0.15) is 5.82 Å². The maximum atomic E-state index is 13.0. The van der Waals surface area contributed by atoms with E-state index in [-0.39, 0.29) is 41.5 Å². The first kappa shape index (κ1) is 20.1. The van der Waals surface area contributed by atoms with Gasteiger partial charge in [0.15, 0.2) is 5.84 Å². The van der Waals surface area contributed by atoms with Crippen molar-refractivity contribution in [3.05, 3.63) is 54.0 Å². The summed E-state index contributed by atoms with van der Waals surface area (Å²) in [5, 5.41) is 2.70. The van der Waals surface area contributed by atoms with Crippen LogP contribution in [-0.2, 0) is 14.8 Å². The number of piperazine rings is 1. The largest absolute Gasteiger partial charge is 0.335 e. The van der Waals surface area contributed by atoms with Crippen LogP contribution in [0, 0.1) is 5.82 Å². The number of nitrogens with zero attached hydrogens (tertiary/aromatic N) is 4. The summed E-state index contributed by atoms with van der Waals surface area (Å²) in [5.74, 6) is -0.658. The van der Waals surface area contributed by atoms with E-state index in [4.69, 9.17) is 0 Å². The van der Waals surface area contributed by atoms with E-state index >= 15 is 0 Å². The lowest BCUT2D eigenvalue weighted by molar-refractivity contribution is -0.128. The molecule has 0 radical (unpaired) electrons. The number of urea groups is 1. The van der Waals surface area contributed by atoms with Gasteiger partial charge in [0.25, 0.3) is 15.9 Å². The van der Waals surface area contributed by atoms with Crippen LogP contribution in [0.15, 0.2) is 52.6 Å². The van der Waals surface area contributed by atoms with Crippen LogP contribution >= 0.6 is 0 Å². The number of hydrogen-bond acceptors (Lipinski definition) is 5. The molecule has 3 heterocycles. The number of carbonyl (C=O) groups excluding carboxylic acids is 2. The maximum absolute atomic E-state index is 13.0. The monoisotopic (exact) mass is 433 g/mol. The van der Waals surface area contributed by atoms with E-state index < -0.39 is 10.0 Å². The highest BCUT2D eigenvalue weighted by Crippen LogP contribution is 2.20. The van der Waals surface area contributed by atoms with Gasteiger partial charge in [0.05, 0.1) is 11.3 Å². The Bertz CT molecular complexity index is 1060. The fraction of sp³-hybridized carbons (Fsp3) is 0.316. The number of fused-ring (bicyclic) bond motifs is 1. The number of allylic oxidation sites excluding steroid dienone is 2. The molecule has 9 nitrogen and oxygen atoms in total. The van der Waals surface area contributed by atoms with Gasteiger partial charge in [-0.25, -0.2) is 17.6 Å². The molecule has 3 amide bonds. The molecule has 0 atom stereocenters. The second kappa shape index (κ2) is 7.90. The van der Waals surface area contributed by atoms with Crippen molar-refractivity contribution in [2.45, 2.75) is 0 Å². The van der Waals surface area contributed by atoms with E-state index in [0.29, 0.717) is 31.9 Å². The molecule has 30 heavy (non-hydrogen) atoms. The molecule has 0 aliphatic carbocycles. The molecule has 158 valence electrons. The normalized spacial score (nSPS) is 20.2. The van der Waals surface area contributed by atoms with Crippen molar-refractivity contribution in [3.63, 3.8) is 0 Å². The lowest BCUT2D eigenvalue weighted by atomic mass is 10.1. The zero-order chi connectivity index (χ0) is 21.3. The van der Waals surface area contributed by atoms with Crippen LogP contribution in [0.3, 0.4) is 0 Å². The molecule has 0 bridgehead atoms. The molecule has 1 fully saturated rings. The standard InChI is InChI=1S/C19H20FN5O4S/c20-14-3-5-15(6-4-14)21-19(27)25-10-8-24(9-11-25)18(26)16-2-1-7-23-12-13-30(28,29)22-17(16)23/h1-7H,8-13H2,(H,21,27). The Morgan fingerprint density at radius 2 is 1.67 bits per heavy atom. The van der Waals surface area contributed by atoms with Crippen LogP contribution in [0.4, 0.5) is 14.9 Å². The molecule has 4 rings (SSSR count). The van der Waals surface area contributed by atoms with Crippen LogP contribution < -0.4 is 5.32 Å². The molecule has 11 heteroatoms. The summed E-state index contributed by atoms with van der Waals surface area (Å²) in [4.78, 5) is 30.2. The molecule has 0 spiro atoms. The van der Waals surface area contributed by atoms with Gasteiger partial charge >= 0.3 is 6.03 Å². The van der Waals surface area contributed by atoms with E-state index in [0.717, 1.165) is 0 Å². The van der Waals surface area contributed by atoms with Gasteiger partial charge in [-0.15, -0.1) is 4.40 Å².